The van der Waals surface area contributed by atoms with Crippen LogP contribution in [0.2, 0.25) is 0 Å². The Kier molecular flexibility index (Phi) is 8.15. The number of aromatic nitrogens is 1. The van der Waals surface area contributed by atoms with E-state index in [1.54, 1.807) is 6.07 Å². The minimum atomic E-state index is -4.40. The largest absolute Gasteiger partial charge is 0.416 e. The third kappa shape index (κ3) is 6.23. The van der Waals surface area contributed by atoms with Gasteiger partial charge in [0, 0.05) is 35.9 Å². The van der Waals surface area contributed by atoms with E-state index < -0.39 is 11.7 Å². The van der Waals surface area contributed by atoms with Gasteiger partial charge in [-0.05, 0) is 68.1 Å². The molecule has 0 saturated carbocycles. The molecule has 0 fully saturated rings. The number of nitrogens with zero attached hydrogens (tertiary/aromatic N) is 2. The Labute approximate surface area is 192 Å². The molecule has 2 N–H and O–H groups in total. The summed E-state index contributed by atoms with van der Waals surface area (Å²) in [7, 11) is 0. The van der Waals surface area contributed by atoms with Crippen molar-refractivity contribution in [1.82, 2.24) is 14.8 Å². The van der Waals surface area contributed by atoms with Crippen LogP contribution in [0.5, 0.6) is 0 Å². The maximum Gasteiger partial charge on any atom is 0.416 e. The van der Waals surface area contributed by atoms with E-state index >= 15 is 0 Å². The first-order chi connectivity index (χ1) is 15.3. The van der Waals surface area contributed by atoms with E-state index in [0.717, 1.165) is 54.7 Å². The van der Waals surface area contributed by atoms with Crippen molar-refractivity contribution in [3.05, 3.63) is 65.9 Å². The van der Waals surface area contributed by atoms with Crippen LogP contribution in [0.3, 0.4) is 0 Å². The highest BCUT2D eigenvalue weighted by Crippen LogP contribution is 2.30. The number of rotatable bonds is 9. The third-order valence-corrected chi connectivity index (χ3v) is 5.92. The molecule has 0 bridgehead atoms. The average Bonchev–Trinajstić information content (AvgIpc) is 3.18. The molecule has 0 aliphatic rings. The second kappa shape index (κ2) is 10.8. The van der Waals surface area contributed by atoms with E-state index in [-0.39, 0.29) is 0 Å². The Balaban J connectivity index is 1.77. The van der Waals surface area contributed by atoms with Crippen LogP contribution in [-0.4, -0.2) is 46.1 Å². The Morgan fingerprint density at radius 3 is 2.50 bits per heavy atom. The van der Waals surface area contributed by atoms with E-state index in [4.69, 9.17) is 12.2 Å². The van der Waals surface area contributed by atoms with Gasteiger partial charge < -0.3 is 20.1 Å². The minimum absolute atomic E-state index is 0.331. The van der Waals surface area contributed by atoms with Crippen molar-refractivity contribution >= 4 is 33.9 Å². The fraction of sp³-hybridized carbons (Fsp3) is 0.375. The van der Waals surface area contributed by atoms with Crippen LogP contribution >= 0.6 is 12.2 Å². The second-order valence-electron chi connectivity index (χ2n) is 7.67. The quantitative estimate of drug-likeness (QED) is 0.376. The number of benzene rings is 2. The number of thiocarbonyl (C=S) groups is 1. The molecular formula is C24H29F3N4S. The van der Waals surface area contributed by atoms with Crippen LogP contribution in [0.25, 0.3) is 10.9 Å². The topological polar surface area (TPSA) is 34.3 Å². The predicted octanol–water partition coefficient (Wildman–Crippen LogP) is 6.12. The first-order valence-corrected chi connectivity index (χ1v) is 11.2. The van der Waals surface area contributed by atoms with Crippen LogP contribution in [0.15, 0.2) is 54.7 Å². The van der Waals surface area contributed by atoms with E-state index in [2.05, 4.69) is 35.1 Å². The van der Waals surface area contributed by atoms with Gasteiger partial charge in [0.1, 0.15) is 0 Å². The molecule has 1 heterocycles. The second-order valence-corrected chi connectivity index (χ2v) is 8.06. The van der Waals surface area contributed by atoms with Gasteiger partial charge in [0.2, 0.25) is 0 Å². The van der Waals surface area contributed by atoms with E-state index in [9.17, 15) is 13.2 Å². The Morgan fingerprint density at radius 2 is 1.78 bits per heavy atom. The number of para-hydroxylation sites is 1. The van der Waals surface area contributed by atoms with Crippen molar-refractivity contribution in [1.29, 1.82) is 0 Å². The summed E-state index contributed by atoms with van der Waals surface area (Å²) in [5.41, 5.74) is 1.77. The highest BCUT2D eigenvalue weighted by atomic mass is 32.1. The zero-order chi connectivity index (χ0) is 23.1. The maximum atomic E-state index is 13.1. The van der Waals surface area contributed by atoms with Crippen molar-refractivity contribution in [2.24, 2.45) is 0 Å². The molecule has 4 nitrogen and oxygen atoms in total. The lowest BCUT2D eigenvalue weighted by molar-refractivity contribution is -0.137. The highest BCUT2D eigenvalue weighted by molar-refractivity contribution is 7.80. The number of H-pyrrole nitrogens is 1. The first kappa shape index (κ1) is 24.1. The van der Waals surface area contributed by atoms with Crippen LogP contribution in [0, 0.1) is 0 Å². The van der Waals surface area contributed by atoms with Crippen LogP contribution in [0.1, 0.15) is 31.4 Å². The zero-order valence-electron chi connectivity index (χ0n) is 18.4. The summed E-state index contributed by atoms with van der Waals surface area (Å²) in [6, 6.07) is 13.2. The van der Waals surface area contributed by atoms with Gasteiger partial charge >= 0.3 is 6.18 Å². The molecule has 0 saturated heterocycles. The molecule has 0 atom stereocenters. The third-order valence-electron chi connectivity index (χ3n) is 5.56. The molecule has 0 unspecified atom stereocenters. The Morgan fingerprint density at radius 1 is 1.03 bits per heavy atom. The summed E-state index contributed by atoms with van der Waals surface area (Å²) in [6.45, 7) is 8.41. The Hall–Kier alpha value is -2.58. The number of hydrogen-bond acceptors (Lipinski definition) is 2. The number of halogens is 3. The summed E-state index contributed by atoms with van der Waals surface area (Å²) >= 11 is 5.64. The van der Waals surface area contributed by atoms with Gasteiger partial charge in [0.15, 0.2) is 5.11 Å². The van der Waals surface area contributed by atoms with Crippen molar-refractivity contribution in [3.8, 4) is 0 Å². The number of alkyl halides is 3. The molecule has 3 rings (SSSR count). The zero-order valence-corrected chi connectivity index (χ0v) is 19.2. The van der Waals surface area contributed by atoms with Gasteiger partial charge in [-0.1, -0.05) is 38.1 Å². The molecule has 0 spiro atoms. The van der Waals surface area contributed by atoms with Gasteiger partial charge in [0.05, 0.1) is 5.56 Å². The molecule has 172 valence electrons. The van der Waals surface area contributed by atoms with Crippen molar-refractivity contribution in [2.45, 2.75) is 33.0 Å². The maximum absolute atomic E-state index is 13.1. The van der Waals surface area contributed by atoms with Gasteiger partial charge in [-0.15, -0.1) is 0 Å². The number of fused-ring (bicyclic) bond motifs is 1. The van der Waals surface area contributed by atoms with Gasteiger partial charge in [-0.2, -0.15) is 13.2 Å². The molecule has 1 aromatic heterocycles. The van der Waals surface area contributed by atoms with Crippen molar-refractivity contribution < 1.29 is 13.2 Å². The fourth-order valence-corrected chi connectivity index (χ4v) is 3.99. The number of hydrogen-bond donors (Lipinski definition) is 2. The normalized spacial score (nSPS) is 11.8. The standard InChI is InChI=1S/C24H29F3N4S/c1-3-30(4-2)13-8-14-31(17-18-16-28-22-12-6-5-11-21(18)22)23(32)29-20-10-7-9-19(15-20)24(25,26)27/h5-7,9-12,15-16,28H,3-4,8,13-14,17H2,1-2H3,(H,29,32). The molecule has 0 amide bonds. The summed E-state index contributed by atoms with van der Waals surface area (Å²) in [5.74, 6) is 0. The molecular weight excluding hydrogens is 433 g/mol. The van der Waals surface area contributed by atoms with Crippen LogP contribution in [-0.2, 0) is 12.7 Å². The summed E-state index contributed by atoms with van der Waals surface area (Å²) in [5, 5.41) is 4.54. The van der Waals surface area contributed by atoms with Gasteiger partial charge in [0.25, 0.3) is 0 Å². The molecule has 0 radical (unpaired) electrons. The van der Waals surface area contributed by atoms with Gasteiger partial charge in [-0.3, -0.25) is 0 Å². The molecule has 8 heteroatoms. The minimum Gasteiger partial charge on any atom is -0.361 e. The summed E-state index contributed by atoms with van der Waals surface area (Å²) in [6.07, 6.45) is -1.53. The molecule has 32 heavy (non-hydrogen) atoms. The van der Waals surface area contributed by atoms with E-state index in [0.29, 0.717) is 23.9 Å². The Bertz CT molecular complexity index is 1030. The lowest BCUT2D eigenvalue weighted by Gasteiger charge is -2.27. The number of aromatic amines is 1. The SMILES string of the molecule is CCN(CC)CCCN(Cc1c[nH]c2ccccc12)C(=S)Nc1cccc(C(F)(F)F)c1. The summed E-state index contributed by atoms with van der Waals surface area (Å²) in [4.78, 5) is 7.64. The molecule has 3 aromatic rings. The molecule has 0 aliphatic heterocycles. The molecule has 0 aliphatic carbocycles. The van der Waals surface area contributed by atoms with Crippen LogP contribution < -0.4 is 5.32 Å². The fourth-order valence-electron chi connectivity index (χ4n) is 3.72. The number of nitrogens with one attached hydrogen (secondary N) is 2. The van der Waals surface area contributed by atoms with Gasteiger partial charge in [-0.25, -0.2) is 0 Å². The summed E-state index contributed by atoms with van der Waals surface area (Å²) < 4.78 is 39.3. The molecule has 2 aromatic carbocycles. The highest BCUT2D eigenvalue weighted by Gasteiger charge is 2.30. The van der Waals surface area contributed by atoms with Crippen molar-refractivity contribution in [2.75, 3.05) is 31.5 Å². The lowest BCUT2D eigenvalue weighted by atomic mass is 10.1. The smallest absolute Gasteiger partial charge is 0.361 e. The first-order valence-electron chi connectivity index (χ1n) is 10.8. The lowest BCUT2D eigenvalue weighted by Crippen LogP contribution is -2.36. The van der Waals surface area contributed by atoms with E-state index in [1.165, 1.54) is 6.07 Å². The monoisotopic (exact) mass is 462 g/mol. The average molecular weight is 463 g/mol. The van der Waals surface area contributed by atoms with E-state index in [1.807, 2.05) is 29.3 Å². The van der Waals surface area contributed by atoms with Crippen molar-refractivity contribution in [3.63, 3.8) is 0 Å². The predicted molar refractivity (Wildman–Crippen MR) is 129 cm³/mol. The number of anilines is 1. The van der Waals surface area contributed by atoms with Crippen LogP contribution in [0.4, 0.5) is 18.9 Å².